The van der Waals surface area contributed by atoms with Gasteiger partial charge in [0, 0.05) is 0 Å². The van der Waals surface area contributed by atoms with Gasteiger partial charge in [-0.05, 0) is 127 Å². The predicted molar refractivity (Wildman–Crippen MR) is 131 cm³/mol. The number of rotatable bonds is 0. The molecular weight excluding hydrogens is 376 g/mol. The van der Waals surface area contributed by atoms with E-state index in [1.165, 1.54) is 57.8 Å². The average Bonchev–Trinajstić information content (AvgIpc) is 2.69. The molecule has 31 heavy (non-hydrogen) atoms. The summed E-state index contributed by atoms with van der Waals surface area (Å²) in [5, 5.41) is 10.9. The summed E-state index contributed by atoms with van der Waals surface area (Å²) < 4.78 is 0. The lowest BCUT2D eigenvalue weighted by Crippen LogP contribution is -2.67. The van der Waals surface area contributed by atoms with Crippen molar-refractivity contribution >= 4 is 0 Å². The molecule has 5 aliphatic rings. The van der Waals surface area contributed by atoms with E-state index in [1.54, 1.807) is 0 Å². The van der Waals surface area contributed by atoms with Crippen molar-refractivity contribution in [3.63, 3.8) is 0 Å². The van der Waals surface area contributed by atoms with Crippen molar-refractivity contribution < 1.29 is 5.11 Å². The van der Waals surface area contributed by atoms with Gasteiger partial charge in [-0.25, -0.2) is 0 Å². The van der Waals surface area contributed by atoms with Gasteiger partial charge in [-0.1, -0.05) is 55.4 Å². The standard InChI is InChI=1S/C30H52O/c1-19-11-14-27(5)17-18-29(7)21(25(27)20(19)2)9-10-23-28(6)15-13-24(31)26(3,4)22(28)12-16-30(23,29)8/h19-25,31H,9-18H2,1-8H3/t19-,20+,21+,22+,23-,24+,25-,27-,28+,29-,30-/m1/s1. The molecule has 178 valence electrons. The van der Waals surface area contributed by atoms with E-state index in [0.29, 0.717) is 27.6 Å². The molecule has 0 heterocycles. The number of hydrogen-bond acceptors (Lipinski definition) is 1. The molecule has 5 saturated carbocycles. The van der Waals surface area contributed by atoms with Crippen LogP contribution in [0.2, 0.25) is 0 Å². The maximum Gasteiger partial charge on any atom is 0.0594 e. The first-order valence-electron chi connectivity index (χ1n) is 14.0. The monoisotopic (exact) mass is 428 g/mol. The van der Waals surface area contributed by atoms with Crippen LogP contribution in [0.1, 0.15) is 120 Å². The van der Waals surface area contributed by atoms with E-state index in [4.69, 9.17) is 0 Å². The molecule has 0 saturated heterocycles. The van der Waals surface area contributed by atoms with Crippen LogP contribution in [-0.2, 0) is 0 Å². The Labute approximate surface area is 193 Å². The number of aliphatic hydroxyl groups is 1. The summed E-state index contributed by atoms with van der Waals surface area (Å²) in [5.41, 5.74) is 2.05. The van der Waals surface area contributed by atoms with Crippen molar-refractivity contribution in [3.8, 4) is 0 Å². The van der Waals surface area contributed by atoms with E-state index in [-0.39, 0.29) is 11.5 Å². The van der Waals surface area contributed by atoms with Gasteiger partial charge >= 0.3 is 0 Å². The van der Waals surface area contributed by atoms with Gasteiger partial charge in [-0.2, -0.15) is 0 Å². The summed E-state index contributed by atoms with van der Waals surface area (Å²) in [6.45, 7) is 20.8. The second-order valence-electron chi connectivity index (χ2n) is 15.1. The Morgan fingerprint density at radius 1 is 0.645 bits per heavy atom. The molecule has 0 aromatic heterocycles. The third kappa shape index (κ3) is 2.71. The van der Waals surface area contributed by atoms with Crippen LogP contribution in [0, 0.1) is 62.6 Å². The van der Waals surface area contributed by atoms with Gasteiger partial charge in [0.25, 0.3) is 0 Å². The van der Waals surface area contributed by atoms with Crippen molar-refractivity contribution in [1.82, 2.24) is 0 Å². The highest BCUT2D eigenvalue weighted by Gasteiger charge is 2.69. The maximum absolute atomic E-state index is 10.9. The second-order valence-corrected chi connectivity index (χ2v) is 15.1. The van der Waals surface area contributed by atoms with Crippen molar-refractivity contribution in [3.05, 3.63) is 0 Å². The zero-order valence-corrected chi connectivity index (χ0v) is 22.1. The largest absolute Gasteiger partial charge is 0.393 e. The molecule has 1 N–H and O–H groups in total. The molecular formula is C30H52O. The Kier molecular flexibility index (Phi) is 4.96. The Balaban J connectivity index is 1.54. The molecule has 1 nitrogen and oxygen atoms in total. The molecule has 0 bridgehead atoms. The first-order chi connectivity index (χ1) is 14.3. The number of aliphatic hydroxyl groups excluding tert-OH is 1. The molecule has 0 spiro atoms. The zero-order chi connectivity index (χ0) is 22.6. The lowest BCUT2D eigenvalue weighted by molar-refractivity contribution is -0.256. The SMILES string of the molecule is C[C@@H]1[C@@H]2[C@@H]3CC[C@@H]4[C@@]5(C)CC[C@H](O)C(C)(C)[C@@H]5CC[C@@]4(C)[C@]3(C)CC[C@@]2(C)CC[C@H]1C. The number of hydrogen-bond donors (Lipinski definition) is 1. The molecule has 0 aromatic carbocycles. The predicted octanol–water partition coefficient (Wildman–Crippen LogP) is 8.10. The molecule has 11 atom stereocenters. The van der Waals surface area contributed by atoms with Crippen molar-refractivity contribution in [2.75, 3.05) is 0 Å². The minimum atomic E-state index is -0.109. The molecule has 0 amide bonds. The van der Waals surface area contributed by atoms with Crippen molar-refractivity contribution in [1.29, 1.82) is 0 Å². The van der Waals surface area contributed by atoms with Gasteiger partial charge in [0.2, 0.25) is 0 Å². The lowest BCUT2D eigenvalue weighted by Gasteiger charge is -2.74. The fourth-order valence-corrected chi connectivity index (χ4v) is 11.7. The van der Waals surface area contributed by atoms with E-state index in [2.05, 4.69) is 55.4 Å². The van der Waals surface area contributed by atoms with E-state index in [0.717, 1.165) is 36.0 Å². The average molecular weight is 429 g/mol. The Morgan fingerprint density at radius 3 is 2.06 bits per heavy atom. The number of fused-ring (bicyclic) bond motifs is 7. The van der Waals surface area contributed by atoms with Crippen LogP contribution in [0.25, 0.3) is 0 Å². The van der Waals surface area contributed by atoms with Crippen molar-refractivity contribution in [2.24, 2.45) is 62.6 Å². The lowest BCUT2D eigenvalue weighted by atomic mass is 9.31. The van der Waals surface area contributed by atoms with Crippen LogP contribution in [0.15, 0.2) is 0 Å². The van der Waals surface area contributed by atoms with Crippen LogP contribution in [-0.4, -0.2) is 11.2 Å². The van der Waals surface area contributed by atoms with E-state index >= 15 is 0 Å². The molecule has 0 radical (unpaired) electrons. The molecule has 5 rings (SSSR count). The molecule has 5 aliphatic carbocycles. The Hall–Kier alpha value is -0.0400. The van der Waals surface area contributed by atoms with Crippen LogP contribution < -0.4 is 0 Å². The minimum Gasteiger partial charge on any atom is -0.393 e. The highest BCUT2D eigenvalue weighted by atomic mass is 16.3. The van der Waals surface area contributed by atoms with Crippen LogP contribution >= 0.6 is 0 Å². The second kappa shape index (κ2) is 6.76. The van der Waals surface area contributed by atoms with Crippen LogP contribution in [0.5, 0.6) is 0 Å². The van der Waals surface area contributed by atoms with Crippen LogP contribution in [0.3, 0.4) is 0 Å². The van der Waals surface area contributed by atoms with Crippen molar-refractivity contribution in [2.45, 2.75) is 126 Å². The zero-order valence-electron chi connectivity index (χ0n) is 22.1. The van der Waals surface area contributed by atoms with Gasteiger partial charge in [-0.3, -0.25) is 0 Å². The third-order valence-corrected chi connectivity index (χ3v) is 14.0. The maximum atomic E-state index is 10.9. The van der Waals surface area contributed by atoms with E-state index in [9.17, 15) is 5.11 Å². The summed E-state index contributed by atoms with van der Waals surface area (Å²) >= 11 is 0. The summed E-state index contributed by atoms with van der Waals surface area (Å²) in [6.07, 6.45) is 13.7. The Bertz CT molecular complexity index is 726. The van der Waals surface area contributed by atoms with Gasteiger partial charge < -0.3 is 5.11 Å². The highest BCUT2D eigenvalue weighted by Crippen LogP contribution is 2.76. The first kappa shape index (κ1) is 22.7. The van der Waals surface area contributed by atoms with Gasteiger partial charge in [0.05, 0.1) is 6.10 Å². The molecule has 1 heteroatoms. The summed E-state index contributed by atoms with van der Waals surface area (Å²) in [7, 11) is 0. The topological polar surface area (TPSA) is 20.2 Å². The molecule has 5 fully saturated rings. The van der Waals surface area contributed by atoms with Crippen LogP contribution in [0.4, 0.5) is 0 Å². The highest BCUT2D eigenvalue weighted by molar-refractivity contribution is 5.18. The van der Waals surface area contributed by atoms with Gasteiger partial charge in [0.15, 0.2) is 0 Å². The van der Waals surface area contributed by atoms with Gasteiger partial charge in [0.1, 0.15) is 0 Å². The first-order valence-corrected chi connectivity index (χ1v) is 14.0. The third-order valence-electron chi connectivity index (χ3n) is 14.0. The summed E-state index contributed by atoms with van der Waals surface area (Å²) in [6, 6.07) is 0. The summed E-state index contributed by atoms with van der Waals surface area (Å²) in [5.74, 6) is 5.17. The van der Waals surface area contributed by atoms with E-state index in [1.807, 2.05) is 0 Å². The normalized spacial score (nSPS) is 60.9. The smallest absolute Gasteiger partial charge is 0.0594 e. The fraction of sp³-hybridized carbons (Fsp3) is 1.00. The molecule has 0 unspecified atom stereocenters. The van der Waals surface area contributed by atoms with Gasteiger partial charge in [-0.15, -0.1) is 0 Å². The fourth-order valence-electron chi connectivity index (χ4n) is 11.7. The van der Waals surface area contributed by atoms with E-state index < -0.39 is 0 Å². The Morgan fingerprint density at radius 2 is 1.35 bits per heavy atom. The minimum absolute atomic E-state index is 0.0739. The molecule has 0 aromatic rings. The molecule has 0 aliphatic heterocycles. The summed E-state index contributed by atoms with van der Waals surface area (Å²) in [4.78, 5) is 0. The quantitative estimate of drug-likeness (QED) is 0.413.